The Morgan fingerprint density at radius 3 is 2.26 bits per heavy atom. The number of nitrogens with one attached hydrogen (secondary N) is 2. The maximum absolute atomic E-state index is 13.9. The van der Waals surface area contributed by atoms with Gasteiger partial charge in [0.05, 0.1) is 41.4 Å². The van der Waals surface area contributed by atoms with Crippen LogP contribution in [0.5, 0.6) is 6.01 Å². The van der Waals surface area contributed by atoms with E-state index in [1.165, 1.54) is 31.9 Å². The molecule has 4 heterocycles. The van der Waals surface area contributed by atoms with Crippen LogP contribution in [0, 0.1) is 0 Å². The van der Waals surface area contributed by atoms with Gasteiger partial charge in [-0.25, -0.2) is 38.1 Å². The van der Waals surface area contributed by atoms with Crippen LogP contribution in [0.15, 0.2) is 54.3 Å². The summed E-state index contributed by atoms with van der Waals surface area (Å²) in [4.78, 5) is 41.1. The lowest BCUT2D eigenvalue weighted by Crippen LogP contribution is -2.47. The highest BCUT2D eigenvalue weighted by Gasteiger charge is 2.43. The number of aromatic nitrogens is 7. The molecule has 4 aromatic heterocycles. The fourth-order valence-electron chi connectivity index (χ4n) is 5.63. The molecular weight excluding hydrogens is 683 g/mol. The average Bonchev–Trinajstić information content (AvgIpc) is 3.04. The number of rotatable bonds is 10. The van der Waals surface area contributed by atoms with Crippen molar-refractivity contribution in [2.24, 2.45) is 0 Å². The molecule has 19 heteroatoms. The molecular formula is C31H34F3N9O6S. The van der Waals surface area contributed by atoms with Crippen molar-refractivity contribution in [2.45, 2.75) is 74.3 Å². The maximum atomic E-state index is 13.9. The molecule has 1 aliphatic rings. The molecule has 1 fully saturated rings. The number of halogens is 3. The van der Waals surface area contributed by atoms with Crippen molar-refractivity contribution in [2.75, 3.05) is 24.0 Å². The van der Waals surface area contributed by atoms with Crippen LogP contribution in [0.4, 0.5) is 29.7 Å². The molecule has 0 aliphatic heterocycles. The van der Waals surface area contributed by atoms with E-state index in [2.05, 4.69) is 45.5 Å². The number of sulfone groups is 1. The van der Waals surface area contributed by atoms with Gasteiger partial charge >= 0.3 is 18.3 Å². The number of amides is 1. The molecule has 1 aliphatic carbocycles. The van der Waals surface area contributed by atoms with Gasteiger partial charge in [-0.05, 0) is 45.6 Å². The summed E-state index contributed by atoms with van der Waals surface area (Å²) in [5, 5.41) is 16.3. The highest BCUT2D eigenvalue weighted by atomic mass is 32.2. The third kappa shape index (κ3) is 9.14. The zero-order valence-corrected chi connectivity index (χ0v) is 28.2. The molecule has 15 nitrogen and oxygen atoms in total. The summed E-state index contributed by atoms with van der Waals surface area (Å²) >= 11 is 0. The number of carbonyl (C=O) groups excluding carboxylic acids is 1. The van der Waals surface area contributed by atoms with E-state index in [9.17, 15) is 31.5 Å². The largest absolute Gasteiger partial charge is 0.467 e. The third-order valence-corrected chi connectivity index (χ3v) is 8.87. The normalized spacial score (nSPS) is 18.3. The lowest BCUT2D eigenvalue weighted by atomic mass is 9.76. The number of aliphatic hydroxyl groups is 1. The summed E-state index contributed by atoms with van der Waals surface area (Å²) in [5.74, 6) is 0.00843. The van der Waals surface area contributed by atoms with Crippen molar-refractivity contribution in [1.29, 1.82) is 0 Å². The van der Waals surface area contributed by atoms with E-state index in [4.69, 9.17) is 9.47 Å². The van der Waals surface area contributed by atoms with Crippen LogP contribution in [0.1, 0.15) is 51.5 Å². The minimum atomic E-state index is -4.83. The Bertz CT molecular complexity index is 1930. The molecule has 50 heavy (non-hydrogen) atoms. The van der Waals surface area contributed by atoms with E-state index in [1.807, 2.05) is 0 Å². The topological polar surface area (TPSA) is 204 Å². The average molecular weight is 718 g/mol. The minimum absolute atomic E-state index is 0.104. The summed E-state index contributed by atoms with van der Waals surface area (Å²) in [5.41, 5.74) is -3.09. The number of anilines is 2. The van der Waals surface area contributed by atoms with Crippen LogP contribution in [-0.2, 0) is 20.8 Å². The zero-order valence-electron chi connectivity index (χ0n) is 27.4. The molecule has 0 unspecified atom stereocenters. The molecule has 3 N–H and O–H groups in total. The van der Waals surface area contributed by atoms with E-state index in [0.29, 0.717) is 30.3 Å². The van der Waals surface area contributed by atoms with Crippen LogP contribution in [0.25, 0.3) is 22.5 Å². The van der Waals surface area contributed by atoms with Gasteiger partial charge in [0.1, 0.15) is 11.2 Å². The summed E-state index contributed by atoms with van der Waals surface area (Å²) in [6.45, 7) is 3.19. The monoisotopic (exact) mass is 717 g/mol. The van der Waals surface area contributed by atoms with Crippen molar-refractivity contribution in [3.05, 3.63) is 55.0 Å². The molecule has 0 atom stereocenters. The lowest BCUT2D eigenvalue weighted by molar-refractivity contribution is -0.137. The zero-order chi connectivity index (χ0) is 36.3. The predicted octanol–water partition coefficient (Wildman–Crippen LogP) is 4.72. The summed E-state index contributed by atoms with van der Waals surface area (Å²) in [6.07, 6.45) is 5.31. The van der Waals surface area contributed by atoms with Gasteiger partial charge in [-0.2, -0.15) is 13.2 Å². The van der Waals surface area contributed by atoms with Crippen LogP contribution in [-0.4, -0.2) is 85.1 Å². The Morgan fingerprint density at radius 1 is 0.980 bits per heavy atom. The quantitative estimate of drug-likeness (QED) is 0.203. The maximum Gasteiger partial charge on any atom is 0.419 e. The lowest BCUT2D eigenvalue weighted by Gasteiger charge is -2.42. The summed E-state index contributed by atoms with van der Waals surface area (Å²) in [7, 11) is -2.31. The Balaban J connectivity index is 1.28. The Morgan fingerprint density at radius 2 is 1.68 bits per heavy atom. The van der Waals surface area contributed by atoms with Crippen molar-refractivity contribution in [1.82, 2.24) is 34.9 Å². The summed E-state index contributed by atoms with van der Waals surface area (Å²) < 4.78 is 76.7. The predicted molar refractivity (Wildman–Crippen MR) is 173 cm³/mol. The fourth-order valence-corrected chi connectivity index (χ4v) is 6.22. The molecule has 1 saturated carbocycles. The first-order chi connectivity index (χ1) is 23.4. The first kappa shape index (κ1) is 36.2. The van der Waals surface area contributed by atoms with Gasteiger partial charge in [0, 0.05) is 60.8 Å². The van der Waals surface area contributed by atoms with E-state index >= 15 is 0 Å². The standard InChI is InChI=1S/C31H34F3N9O6S/c1-29(2,45)17-30(49-28(44)42-24-16-36-23(15-37-24)19-11-39-27(48-3)40-12-19)7-5-20(6-8-30)41-26-38-14-22(31(32,33)34)25(43-26)18-9-21(13-35-10-18)50(4,46)47/h9-16,20,45H,5-8,17H2,1-4H3,(H,37,42,44)(H,38,41,43). The van der Waals surface area contributed by atoms with Crippen LogP contribution < -0.4 is 15.4 Å². The molecule has 266 valence electrons. The molecule has 0 spiro atoms. The fraction of sp³-hybridized carbons (Fsp3) is 0.419. The third-order valence-electron chi connectivity index (χ3n) is 7.79. The Kier molecular flexibility index (Phi) is 10.2. The van der Waals surface area contributed by atoms with Gasteiger partial charge in [0.2, 0.25) is 5.95 Å². The molecule has 4 aromatic rings. The van der Waals surface area contributed by atoms with Crippen LogP contribution in [0.2, 0.25) is 0 Å². The van der Waals surface area contributed by atoms with E-state index < -0.39 is 44.6 Å². The number of nitrogens with zero attached hydrogens (tertiary/aromatic N) is 7. The van der Waals surface area contributed by atoms with Gasteiger partial charge in [-0.3, -0.25) is 15.3 Å². The van der Waals surface area contributed by atoms with Crippen LogP contribution in [0.3, 0.4) is 0 Å². The van der Waals surface area contributed by atoms with Gasteiger partial charge in [-0.1, -0.05) is 0 Å². The number of carbonyl (C=O) groups is 1. The summed E-state index contributed by atoms with van der Waals surface area (Å²) in [6, 6.07) is 0.942. The second-order valence-electron chi connectivity index (χ2n) is 12.5. The first-order valence-corrected chi connectivity index (χ1v) is 17.1. The second-order valence-corrected chi connectivity index (χ2v) is 14.5. The number of pyridine rings is 1. The highest BCUT2D eigenvalue weighted by Crippen LogP contribution is 2.40. The van der Waals surface area contributed by atoms with Gasteiger partial charge < -0.3 is 19.9 Å². The number of hydrogen-bond acceptors (Lipinski definition) is 14. The number of alkyl halides is 3. The van der Waals surface area contributed by atoms with Gasteiger partial charge in [0.15, 0.2) is 15.7 Å². The van der Waals surface area contributed by atoms with E-state index in [0.717, 1.165) is 24.7 Å². The smallest absolute Gasteiger partial charge is 0.419 e. The number of ether oxygens (including phenoxy) is 2. The number of methoxy groups -OCH3 is 1. The Labute approximate surface area is 285 Å². The Hall–Kier alpha value is -5.04. The van der Waals surface area contributed by atoms with Crippen molar-refractivity contribution < 1.29 is 41.0 Å². The van der Waals surface area contributed by atoms with E-state index in [-0.39, 0.29) is 53.5 Å². The molecule has 5 rings (SSSR count). The van der Waals surface area contributed by atoms with Gasteiger partial charge in [-0.15, -0.1) is 0 Å². The van der Waals surface area contributed by atoms with Gasteiger partial charge in [0.25, 0.3) is 0 Å². The molecule has 1 amide bonds. The molecule has 0 radical (unpaired) electrons. The minimum Gasteiger partial charge on any atom is -0.467 e. The second kappa shape index (κ2) is 14.1. The van der Waals surface area contributed by atoms with Crippen molar-refractivity contribution in [3.8, 4) is 28.5 Å². The molecule has 0 aromatic carbocycles. The first-order valence-electron chi connectivity index (χ1n) is 15.2. The van der Waals surface area contributed by atoms with E-state index in [1.54, 1.807) is 13.8 Å². The number of hydrogen-bond donors (Lipinski definition) is 3. The SMILES string of the molecule is COc1ncc(-c2cnc(NC(=O)OC3(CC(C)(C)O)CCC(Nc4ncc(C(F)(F)F)c(-c5cncc(S(C)(=O)=O)c5)n4)CC3)cn2)cn1. The van der Waals surface area contributed by atoms with Crippen molar-refractivity contribution in [3.63, 3.8) is 0 Å². The highest BCUT2D eigenvalue weighted by molar-refractivity contribution is 7.90. The van der Waals surface area contributed by atoms with Crippen molar-refractivity contribution >= 4 is 27.7 Å². The molecule has 0 saturated heterocycles. The molecule has 0 bridgehead atoms. The van der Waals surface area contributed by atoms with Crippen LogP contribution >= 0.6 is 0 Å².